The summed E-state index contributed by atoms with van der Waals surface area (Å²) in [6.07, 6.45) is 4.57. The van der Waals surface area contributed by atoms with Gasteiger partial charge < -0.3 is 26.1 Å². The zero-order chi connectivity index (χ0) is 24.5. The van der Waals surface area contributed by atoms with E-state index in [-0.39, 0.29) is 17.1 Å². The van der Waals surface area contributed by atoms with Gasteiger partial charge >= 0.3 is 0 Å². The van der Waals surface area contributed by atoms with Crippen molar-refractivity contribution in [1.82, 2.24) is 20.8 Å². The molecule has 1 aromatic carbocycles. The lowest BCUT2D eigenvalue weighted by atomic mass is 10.1. The number of pyridine rings is 2. The number of carbonyl (C=O) groups is 1. The summed E-state index contributed by atoms with van der Waals surface area (Å²) >= 11 is 0. The molecule has 2 aromatic heterocycles. The maximum atomic E-state index is 13.5. The molecule has 0 saturated heterocycles. The highest BCUT2D eigenvalue weighted by Crippen LogP contribution is 2.33. The zero-order valence-electron chi connectivity index (χ0n) is 18.8. The lowest BCUT2D eigenvalue weighted by molar-refractivity contribution is 0.0538. The number of amides is 1. The number of hydrogen-bond acceptors (Lipinski definition) is 9. The van der Waals surface area contributed by atoms with Crippen molar-refractivity contribution in [2.24, 2.45) is 0 Å². The molecule has 0 fully saturated rings. The number of hydroxylamine groups is 1. The van der Waals surface area contributed by atoms with Crippen molar-refractivity contribution >= 4 is 34.6 Å². The predicted molar refractivity (Wildman–Crippen MR) is 127 cm³/mol. The molecular formula is C23H24FN7O3. The zero-order valence-corrected chi connectivity index (χ0v) is 18.8. The van der Waals surface area contributed by atoms with Crippen molar-refractivity contribution in [3.05, 3.63) is 78.0 Å². The Morgan fingerprint density at radius 3 is 2.56 bits per heavy atom. The van der Waals surface area contributed by atoms with Gasteiger partial charge in [0.25, 0.3) is 5.91 Å². The summed E-state index contributed by atoms with van der Waals surface area (Å²) in [6.45, 7) is 0. The third-order valence-electron chi connectivity index (χ3n) is 4.51. The molecule has 0 unspecified atom stereocenters. The van der Waals surface area contributed by atoms with Gasteiger partial charge in [-0.2, -0.15) is 4.39 Å². The first-order valence-electron chi connectivity index (χ1n) is 10.1. The molecule has 34 heavy (non-hydrogen) atoms. The average Bonchev–Trinajstić information content (AvgIpc) is 2.82. The minimum atomic E-state index is -0.643. The minimum Gasteiger partial charge on any atom is -0.494 e. The quantitative estimate of drug-likeness (QED) is 0.175. The smallest absolute Gasteiger partial charge is 0.278 e. The number of nitrogens with one attached hydrogen (secondary N) is 5. The largest absolute Gasteiger partial charge is 0.494 e. The minimum absolute atomic E-state index is 0.178. The molecule has 0 aliphatic rings. The second-order valence-electron chi connectivity index (χ2n) is 6.77. The molecular weight excluding hydrogens is 441 g/mol. The number of hydrogen-bond donors (Lipinski definition) is 5. The Kier molecular flexibility index (Phi) is 8.08. The number of ether oxygens (including phenoxy) is 1. The van der Waals surface area contributed by atoms with Crippen LogP contribution in [0.1, 0.15) is 15.9 Å². The van der Waals surface area contributed by atoms with Crippen LogP contribution in [-0.2, 0) is 4.84 Å². The second-order valence-corrected chi connectivity index (χ2v) is 6.77. The maximum Gasteiger partial charge on any atom is 0.278 e. The average molecular weight is 465 g/mol. The first-order valence-corrected chi connectivity index (χ1v) is 10.1. The number of benzene rings is 1. The molecule has 0 aliphatic heterocycles. The van der Waals surface area contributed by atoms with Crippen LogP contribution in [-0.4, -0.2) is 42.9 Å². The van der Waals surface area contributed by atoms with Gasteiger partial charge in [-0.25, -0.2) is 15.4 Å². The summed E-state index contributed by atoms with van der Waals surface area (Å²) in [4.78, 5) is 25.3. The van der Waals surface area contributed by atoms with Crippen molar-refractivity contribution in [2.75, 3.05) is 31.9 Å². The molecule has 176 valence electrons. The summed E-state index contributed by atoms with van der Waals surface area (Å²) in [5.74, 6) is -0.209. The van der Waals surface area contributed by atoms with Crippen molar-refractivity contribution in [2.45, 2.75) is 0 Å². The Balaban J connectivity index is 2.02. The summed E-state index contributed by atoms with van der Waals surface area (Å²) < 4.78 is 19.0. The van der Waals surface area contributed by atoms with Gasteiger partial charge in [-0.05, 0) is 36.5 Å². The Morgan fingerprint density at radius 2 is 1.85 bits per heavy atom. The first-order chi connectivity index (χ1) is 16.5. The van der Waals surface area contributed by atoms with E-state index in [9.17, 15) is 9.18 Å². The third-order valence-corrected chi connectivity index (χ3v) is 4.51. The van der Waals surface area contributed by atoms with E-state index in [4.69, 9.17) is 15.0 Å². The van der Waals surface area contributed by atoms with Gasteiger partial charge in [0.05, 0.1) is 36.9 Å². The molecule has 5 N–H and O–H groups in total. The normalized spacial score (nSPS) is 10.6. The fraction of sp³-hybridized carbons (Fsp3) is 0.130. The van der Waals surface area contributed by atoms with Crippen LogP contribution < -0.4 is 26.2 Å². The highest BCUT2D eigenvalue weighted by atomic mass is 19.1. The molecule has 0 saturated carbocycles. The summed E-state index contributed by atoms with van der Waals surface area (Å²) in [7, 11) is 4.55. The molecule has 0 radical (unpaired) electrons. The van der Waals surface area contributed by atoms with Gasteiger partial charge in [0, 0.05) is 24.9 Å². The number of anilines is 4. The van der Waals surface area contributed by atoms with Crippen molar-refractivity contribution in [3.63, 3.8) is 0 Å². The van der Waals surface area contributed by atoms with E-state index in [0.29, 0.717) is 28.5 Å². The lowest BCUT2D eigenvalue weighted by Crippen LogP contribution is -2.23. The summed E-state index contributed by atoms with van der Waals surface area (Å²) in [5.41, 5.74) is 4.07. The van der Waals surface area contributed by atoms with E-state index in [1.54, 1.807) is 49.7 Å². The van der Waals surface area contributed by atoms with Crippen molar-refractivity contribution < 1.29 is 18.8 Å². The molecule has 11 heteroatoms. The van der Waals surface area contributed by atoms with Crippen molar-refractivity contribution in [3.8, 4) is 5.75 Å². The predicted octanol–water partition coefficient (Wildman–Crippen LogP) is 3.50. The van der Waals surface area contributed by atoms with Gasteiger partial charge in [0.15, 0.2) is 5.75 Å². The number of para-hydroxylation sites is 1. The van der Waals surface area contributed by atoms with E-state index in [1.165, 1.54) is 32.5 Å². The van der Waals surface area contributed by atoms with Crippen molar-refractivity contribution in [1.29, 1.82) is 5.41 Å². The van der Waals surface area contributed by atoms with Gasteiger partial charge in [0.2, 0.25) is 5.95 Å². The Bertz CT molecular complexity index is 1220. The van der Waals surface area contributed by atoms with E-state index in [1.807, 2.05) is 0 Å². The monoisotopic (exact) mass is 465 g/mol. The topological polar surface area (TPSA) is 133 Å². The molecule has 3 rings (SSSR count). The molecule has 0 bridgehead atoms. The first kappa shape index (κ1) is 24.1. The van der Waals surface area contributed by atoms with Gasteiger partial charge in [-0.3, -0.25) is 9.63 Å². The van der Waals surface area contributed by atoms with Crippen LogP contribution in [0.3, 0.4) is 0 Å². The van der Waals surface area contributed by atoms with Crippen LogP contribution in [0.25, 0.3) is 0 Å². The molecule has 0 atom stereocenters. The number of aromatic nitrogens is 2. The van der Waals surface area contributed by atoms with E-state index in [0.717, 1.165) is 0 Å². The standard InChI is InChI=1S/C23H24FN7O3/c1-26-11-10-16(25)14-6-4-7-17(22(14)33-2)28-18-12-21(27-13-15(18)23(32)31-34-3)30-20-9-5-8-19(24)29-20/h4-13,25-26H,1-3H3,(H,31,32)(H2,27,28,29,30)/b11-10-,25-16?. The van der Waals surface area contributed by atoms with E-state index in [2.05, 4.69) is 31.4 Å². The van der Waals surface area contributed by atoms with Crippen LogP contribution in [0, 0.1) is 11.4 Å². The Hall–Kier alpha value is -4.51. The van der Waals surface area contributed by atoms with Crippen LogP contribution >= 0.6 is 0 Å². The number of nitrogens with zero attached hydrogens (tertiary/aromatic N) is 2. The van der Waals surface area contributed by atoms with E-state index >= 15 is 0 Å². The second kappa shape index (κ2) is 11.4. The molecule has 3 aromatic rings. The molecule has 2 heterocycles. The number of carbonyl (C=O) groups excluding carboxylic acids is 1. The summed E-state index contributed by atoms with van der Waals surface area (Å²) in [5, 5.41) is 17.2. The molecule has 1 amide bonds. The number of methoxy groups -OCH3 is 1. The van der Waals surface area contributed by atoms with Crippen LogP contribution in [0.5, 0.6) is 5.75 Å². The van der Waals surface area contributed by atoms with E-state index < -0.39 is 11.9 Å². The Labute approximate surface area is 195 Å². The molecule has 0 aliphatic carbocycles. The molecule has 0 spiro atoms. The fourth-order valence-corrected chi connectivity index (χ4v) is 3.03. The highest BCUT2D eigenvalue weighted by Gasteiger charge is 2.17. The van der Waals surface area contributed by atoms with Gasteiger partial charge in [-0.1, -0.05) is 12.1 Å². The fourth-order valence-electron chi connectivity index (χ4n) is 3.03. The Morgan fingerprint density at radius 1 is 1.06 bits per heavy atom. The SMILES string of the molecule is CN/C=C\C(=N)c1cccc(Nc2cc(Nc3cccc(F)n3)ncc2C(=O)NOC)c1OC. The summed E-state index contributed by atoms with van der Waals surface area (Å²) in [6, 6.07) is 11.1. The molecule has 10 nitrogen and oxygen atoms in total. The van der Waals surface area contributed by atoms with Crippen LogP contribution in [0.15, 0.2) is 60.9 Å². The number of rotatable bonds is 10. The maximum absolute atomic E-state index is 13.5. The third kappa shape index (κ3) is 5.84. The van der Waals surface area contributed by atoms with Crippen LogP contribution in [0.2, 0.25) is 0 Å². The number of halogens is 1. The number of allylic oxidation sites excluding steroid dienone is 1. The van der Waals surface area contributed by atoms with Gasteiger partial charge in [-0.15, -0.1) is 0 Å². The van der Waals surface area contributed by atoms with Gasteiger partial charge in [0.1, 0.15) is 11.6 Å². The van der Waals surface area contributed by atoms with Crippen LogP contribution in [0.4, 0.5) is 27.4 Å². The highest BCUT2D eigenvalue weighted by molar-refractivity contribution is 6.09. The lowest BCUT2D eigenvalue weighted by Gasteiger charge is -2.17.